The number of hydrogen-bond acceptors (Lipinski definition) is 8. The van der Waals surface area contributed by atoms with Gasteiger partial charge in [0.1, 0.15) is 17.4 Å². The van der Waals surface area contributed by atoms with E-state index < -0.39 is 0 Å². The Kier molecular flexibility index (Phi) is 8.38. The van der Waals surface area contributed by atoms with Crippen LogP contribution in [-0.2, 0) is 4.79 Å². The van der Waals surface area contributed by atoms with Crippen LogP contribution in [-0.4, -0.2) is 94.4 Å². The topological polar surface area (TPSA) is 99.7 Å². The fourth-order valence-electron chi connectivity index (χ4n) is 7.73. The average molecular weight is 636 g/mol. The number of benzene rings is 2. The number of carbonyl (C=O) groups excluding carboxylic acids is 1. The average Bonchev–Trinajstić information content (AvgIpc) is 3.56. The summed E-state index contributed by atoms with van der Waals surface area (Å²) in [6.07, 6.45) is 9.10. The number of aromatic amines is 1. The Balaban J connectivity index is 1.34. The molecule has 0 bridgehead atoms. The molecule has 0 atom stereocenters. The lowest BCUT2D eigenvalue weighted by Gasteiger charge is -2.54. The first-order chi connectivity index (χ1) is 22.9. The molecule has 2 aromatic heterocycles. The monoisotopic (exact) mass is 635 g/mol. The van der Waals surface area contributed by atoms with E-state index in [1.165, 1.54) is 6.08 Å². The highest BCUT2D eigenvalue weighted by Crippen LogP contribution is 2.47. The Bertz CT molecular complexity index is 1830. The number of amides is 1. The molecule has 1 spiro atoms. The molecule has 3 saturated heterocycles. The van der Waals surface area contributed by atoms with E-state index in [0.29, 0.717) is 18.4 Å². The van der Waals surface area contributed by atoms with Crippen molar-refractivity contribution in [3.05, 3.63) is 54.8 Å². The number of hydrogen-bond donors (Lipinski definition) is 1. The van der Waals surface area contributed by atoms with Gasteiger partial charge in [0, 0.05) is 61.0 Å². The lowest BCUT2D eigenvalue weighted by molar-refractivity contribution is -0.139. The van der Waals surface area contributed by atoms with Gasteiger partial charge in [-0.15, -0.1) is 0 Å². The minimum Gasteiger partial charge on any atom is -0.491 e. The minimum absolute atomic E-state index is 0.0176. The zero-order valence-corrected chi connectivity index (χ0v) is 27.8. The van der Waals surface area contributed by atoms with Crippen LogP contribution in [0.1, 0.15) is 50.7 Å². The Morgan fingerprint density at radius 1 is 1.06 bits per heavy atom. The molecular weight excluding hydrogens is 590 g/mol. The van der Waals surface area contributed by atoms with Gasteiger partial charge in [0.2, 0.25) is 5.91 Å². The molecule has 3 aliphatic heterocycles. The third-order valence-electron chi connectivity index (χ3n) is 10.4. The summed E-state index contributed by atoms with van der Waals surface area (Å²) in [7, 11) is 0. The highest BCUT2D eigenvalue weighted by molar-refractivity contribution is 6.07. The number of carbonyl (C=O) groups is 1. The van der Waals surface area contributed by atoms with Crippen LogP contribution in [0, 0.1) is 12.3 Å². The second kappa shape index (κ2) is 12.6. The number of anilines is 1. The molecule has 0 unspecified atom stereocenters. The van der Waals surface area contributed by atoms with Gasteiger partial charge in [0.05, 0.1) is 18.3 Å². The highest BCUT2D eigenvalue weighted by Gasteiger charge is 2.46. The summed E-state index contributed by atoms with van der Waals surface area (Å²) < 4.78 is 13.2. The quantitative estimate of drug-likeness (QED) is 0.224. The first-order valence-electron chi connectivity index (χ1n) is 17.0. The smallest absolute Gasteiger partial charge is 0.319 e. The van der Waals surface area contributed by atoms with Crippen LogP contribution in [0.25, 0.3) is 39.0 Å². The van der Waals surface area contributed by atoms with Crippen molar-refractivity contribution >= 4 is 39.6 Å². The Labute approximate surface area is 276 Å². The molecule has 2 aromatic carbocycles. The molecule has 1 N–H and O–H groups in total. The molecule has 0 radical (unpaired) electrons. The molecule has 47 heavy (non-hydrogen) atoms. The molecule has 246 valence electrons. The van der Waals surface area contributed by atoms with Gasteiger partial charge in [-0.1, -0.05) is 32.2 Å². The number of aromatic nitrogens is 4. The minimum atomic E-state index is 0.0176. The van der Waals surface area contributed by atoms with Crippen LogP contribution < -0.4 is 14.4 Å². The summed E-state index contributed by atoms with van der Waals surface area (Å²) in [5, 5.41) is 9.43. The molecule has 10 heteroatoms. The second-order valence-corrected chi connectivity index (χ2v) is 13.3. The predicted octanol–water partition coefficient (Wildman–Crippen LogP) is 6.00. The van der Waals surface area contributed by atoms with Crippen LogP contribution in [0.2, 0.25) is 0 Å². The van der Waals surface area contributed by atoms with E-state index in [4.69, 9.17) is 19.4 Å². The van der Waals surface area contributed by atoms with Crippen molar-refractivity contribution in [1.82, 2.24) is 30.0 Å². The van der Waals surface area contributed by atoms with Crippen LogP contribution >= 0.6 is 0 Å². The SMILES string of the molecule is C=CC(=O)N1CC2(CCN(c3nc(OC4CCN(CC)CC4)nc4c(OCC)c(-c5c(C)ccc6[nH]ncc56)c(C=C)cc34)CC2)C1. The zero-order chi connectivity index (χ0) is 32.7. The van der Waals surface area contributed by atoms with Crippen LogP contribution in [0.5, 0.6) is 11.8 Å². The van der Waals surface area contributed by atoms with E-state index >= 15 is 0 Å². The first kappa shape index (κ1) is 31.2. The maximum absolute atomic E-state index is 12.2. The predicted molar refractivity (Wildman–Crippen MR) is 187 cm³/mol. The van der Waals surface area contributed by atoms with Gasteiger partial charge in [-0.2, -0.15) is 15.1 Å². The van der Waals surface area contributed by atoms with Crippen molar-refractivity contribution in [2.75, 3.05) is 57.3 Å². The number of rotatable bonds is 9. The van der Waals surface area contributed by atoms with Crippen molar-refractivity contribution in [2.24, 2.45) is 5.41 Å². The van der Waals surface area contributed by atoms with Gasteiger partial charge < -0.3 is 24.2 Å². The summed E-state index contributed by atoms with van der Waals surface area (Å²) in [6.45, 7) is 21.0. The van der Waals surface area contributed by atoms with E-state index in [9.17, 15) is 4.79 Å². The van der Waals surface area contributed by atoms with Gasteiger partial charge in [-0.3, -0.25) is 9.89 Å². The first-order valence-corrected chi connectivity index (χ1v) is 17.0. The number of nitrogens with zero attached hydrogens (tertiary/aromatic N) is 6. The third-order valence-corrected chi connectivity index (χ3v) is 10.4. The largest absolute Gasteiger partial charge is 0.491 e. The third kappa shape index (κ3) is 5.62. The van der Waals surface area contributed by atoms with E-state index in [-0.39, 0.29) is 17.4 Å². The van der Waals surface area contributed by atoms with Crippen molar-refractivity contribution in [3.63, 3.8) is 0 Å². The second-order valence-electron chi connectivity index (χ2n) is 13.3. The number of likely N-dealkylation sites (tertiary alicyclic amines) is 2. The number of fused-ring (bicyclic) bond motifs is 2. The lowest BCUT2D eigenvalue weighted by Crippen LogP contribution is -2.61. The molecule has 3 fully saturated rings. The van der Waals surface area contributed by atoms with Gasteiger partial charge in [0.15, 0.2) is 5.75 Å². The highest BCUT2D eigenvalue weighted by atomic mass is 16.5. The van der Waals surface area contributed by atoms with Crippen LogP contribution in [0.3, 0.4) is 0 Å². The molecular formula is C37H45N7O3. The fraction of sp³-hybridized carbons (Fsp3) is 0.459. The van der Waals surface area contributed by atoms with Crippen LogP contribution in [0.4, 0.5) is 5.82 Å². The van der Waals surface area contributed by atoms with Crippen molar-refractivity contribution in [2.45, 2.75) is 52.6 Å². The molecule has 4 aromatic rings. The van der Waals surface area contributed by atoms with Gasteiger partial charge in [-0.05, 0) is 81.0 Å². The van der Waals surface area contributed by atoms with E-state index in [0.717, 1.165) is 121 Å². The molecule has 0 saturated carbocycles. The van der Waals surface area contributed by atoms with Gasteiger partial charge >= 0.3 is 6.01 Å². The zero-order valence-electron chi connectivity index (χ0n) is 27.8. The molecule has 3 aliphatic rings. The van der Waals surface area contributed by atoms with Crippen LogP contribution in [0.15, 0.2) is 43.6 Å². The van der Waals surface area contributed by atoms with Crippen molar-refractivity contribution in [3.8, 4) is 22.9 Å². The molecule has 10 nitrogen and oxygen atoms in total. The number of piperidine rings is 2. The Morgan fingerprint density at radius 2 is 1.83 bits per heavy atom. The Morgan fingerprint density at radius 3 is 2.51 bits per heavy atom. The number of H-pyrrole nitrogens is 1. The number of aryl methyl sites for hydroxylation is 1. The molecule has 1 amide bonds. The summed E-state index contributed by atoms with van der Waals surface area (Å²) in [5.41, 5.74) is 5.92. The van der Waals surface area contributed by atoms with E-state index in [2.05, 4.69) is 65.2 Å². The molecule has 7 rings (SSSR count). The van der Waals surface area contributed by atoms with E-state index in [1.54, 1.807) is 0 Å². The Hall–Kier alpha value is -4.44. The standard InChI is InChI=1S/C37H45N7O3/c1-6-25-20-27-33(34(46-9-4)32(25)31-24(5)10-11-29-28(31)21-38-41-29)39-36(47-26-12-16-42(8-3)17-13-26)40-35(27)43-18-14-37(15-19-43)22-44(23-37)30(45)7-2/h6-7,10-11,20-21,26H,1-2,8-9,12-19,22-23H2,3-5H3,(H,38,41). The molecule has 5 heterocycles. The van der Waals surface area contributed by atoms with Crippen molar-refractivity contribution < 1.29 is 14.3 Å². The number of nitrogens with one attached hydrogen (secondary N) is 1. The molecule has 0 aliphatic carbocycles. The van der Waals surface area contributed by atoms with Gasteiger partial charge in [-0.25, -0.2) is 0 Å². The summed E-state index contributed by atoms with van der Waals surface area (Å²) in [6, 6.07) is 6.73. The van der Waals surface area contributed by atoms with Gasteiger partial charge in [0.25, 0.3) is 0 Å². The fourth-order valence-corrected chi connectivity index (χ4v) is 7.73. The lowest BCUT2D eigenvalue weighted by atomic mass is 9.72. The maximum atomic E-state index is 12.2. The summed E-state index contributed by atoms with van der Waals surface area (Å²) in [4.78, 5) is 29.2. The normalized spacial score (nSPS) is 18.4. The maximum Gasteiger partial charge on any atom is 0.319 e. The summed E-state index contributed by atoms with van der Waals surface area (Å²) in [5.74, 6) is 1.58. The summed E-state index contributed by atoms with van der Waals surface area (Å²) >= 11 is 0. The van der Waals surface area contributed by atoms with E-state index in [1.807, 2.05) is 24.1 Å². The number of ether oxygens (including phenoxy) is 2. The van der Waals surface area contributed by atoms with Crippen molar-refractivity contribution in [1.29, 1.82) is 0 Å².